The molecule has 0 amide bonds. The Bertz CT molecular complexity index is 109. The normalized spacial score (nSPS) is 11.6. The van der Waals surface area contributed by atoms with Gasteiger partial charge < -0.3 is 9.47 Å². The van der Waals surface area contributed by atoms with E-state index in [2.05, 4.69) is 15.9 Å². The molecule has 0 heterocycles. The summed E-state index contributed by atoms with van der Waals surface area (Å²) in [5.74, 6) is -0.215. The minimum Gasteiger partial charge on any atom is -0.338 e. The van der Waals surface area contributed by atoms with Crippen LogP contribution in [-0.2, 0) is 14.3 Å². The number of halogens is 1. The molecular formula is C5H9BrO3. The Labute approximate surface area is 62.5 Å². The molecule has 0 bridgehead atoms. The van der Waals surface area contributed by atoms with Crippen molar-refractivity contribution in [1.82, 2.24) is 0 Å². The molecule has 0 aromatic rings. The molecule has 0 aliphatic heterocycles. The van der Waals surface area contributed by atoms with Gasteiger partial charge in [0.2, 0.25) is 5.78 Å². The maximum Gasteiger partial charge on any atom is 0.287 e. The van der Waals surface area contributed by atoms with Gasteiger partial charge in [0.1, 0.15) is 0 Å². The highest BCUT2D eigenvalue weighted by Crippen LogP contribution is 2.19. The number of carbonyl (C=O) groups is 1. The Morgan fingerprint density at radius 1 is 1.44 bits per heavy atom. The lowest BCUT2D eigenvalue weighted by Crippen LogP contribution is -2.33. The molecule has 3 nitrogen and oxygen atoms in total. The molecular weight excluding hydrogens is 188 g/mol. The molecule has 0 unspecified atom stereocenters. The van der Waals surface area contributed by atoms with Crippen LogP contribution in [0.4, 0.5) is 0 Å². The maximum absolute atomic E-state index is 10.6. The van der Waals surface area contributed by atoms with Crippen LogP contribution in [0.2, 0.25) is 0 Å². The van der Waals surface area contributed by atoms with Gasteiger partial charge in [-0.15, -0.1) is 0 Å². The van der Waals surface area contributed by atoms with Crippen LogP contribution in [0.3, 0.4) is 0 Å². The highest BCUT2D eigenvalue weighted by atomic mass is 79.9. The third-order valence-corrected chi connectivity index (χ3v) is 2.15. The van der Waals surface area contributed by atoms with Crippen molar-refractivity contribution in [3.8, 4) is 0 Å². The maximum atomic E-state index is 10.6. The van der Waals surface area contributed by atoms with E-state index < -0.39 is 4.70 Å². The predicted molar refractivity (Wildman–Crippen MR) is 36.4 cm³/mol. The fourth-order valence-corrected chi connectivity index (χ4v) is 0.371. The van der Waals surface area contributed by atoms with Crippen LogP contribution in [0.5, 0.6) is 0 Å². The molecule has 0 saturated heterocycles. The third-order valence-electron chi connectivity index (χ3n) is 0.946. The number of hydrogen-bond acceptors (Lipinski definition) is 3. The SMILES string of the molecule is COC(Br)(OC)C(C)=O. The Morgan fingerprint density at radius 3 is 1.78 bits per heavy atom. The van der Waals surface area contributed by atoms with Gasteiger partial charge in [-0.2, -0.15) is 0 Å². The van der Waals surface area contributed by atoms with Crippen molar-refractivity contribution in [2.24, 2.45) is 0 Å². The summed E-state index contributed by atoms with van der Waals surface area (Å²) in [7, 11) is 2.78. The van der Waals surface area contributed by atoms with E-state index >= 15 is 0 Å². The number of carbonyl (C=O) groups excluding carboxylic acids is 1. The first-order valence-corrected chi connectivity index (χ1v) is 3.16. The largest absolute Gasteiger partial charge is 0.338 e. The quantitative estimate of drug-likeness (QED) is 0.498. The van der Waals surface area contributed by atoms with Gasteiger partial charge in [-0.1, -0.05) is 0 Å². The lowest BCUT2D eigenvalue weighted by molar-refractivity contribution is -0.163. The van der Waals surface area contributed by atoms with E-state index in [0.717, 1.165) is 0 Å². The molecule has 0 aliphatic carbocycles. The van der Waals surface area contributed by atoms with E-state index in [-0.39, 0.29) is 5.78 Å². The van der Waals surface area contributed by atoms with Crippen LogP contribution in [0.25, 0.3) is 0 Å². The second kappa shape index (κ2) is 3.29. The molecule has 9 heavy (non-hydrogen) atoms. The monoisotopic (exact) mass is 196 g/mol. The Morgan fingerprint density at radius 2 is 1.78 bits per heavy atom. The zero-order chi connectivity index (χ0) is 7.49. The molecule has 0 fully saturated rings. The summed E-state index contributed by atoms with van der Waals surface area (Å²) in [4.78, 5) is 10.6. The summed E-state index contributed by atoms with van der Waals surface area (Å²) < 4.78 is 8.14. The standard InChI is InChI=1S/C5H9BrO3/c1-4(7)5(6,8-2)9-3/h1-3H3. The first-order valence-electron chi connectivity index (χ1n) is 2.37. The minimum absolute atomic E-state index is 0.215. The zero-order valence-electron chi connectivity index (χ0n) is 5.60. The van der Waals surface area contributed by atoms with Gasteiger partial charge in [-0.3, -0.25) is 4.79 Å². The van der Waals surface area contributed by atoms with Crippen molar-refractivity contribution in [1.29, 1.82) is 0 Å². The number of Topliss-reactive ketones (excluding diaryl/α,β-unsaturated/α-hetero) is 1. The highest BCUT2D eigenvalue weighted by molar-refractivity contribution is 9.10. The van der Waals surface area contributed by atoms with Gasteiger partial charge in [0.15, 0.2) is 0 Å². The predicted octanol–water partition coefficient (Wildman–Crippen LogP) is 0.917. The molecule has 0 N–H and O–H groups in total. The van der Waals surface area contributed by atoms with Gasteiger partial charge in [0, 0.05) is 21.1 Å². The van der Waals surface area contributed by atoms with Gasteiger partial charge in [-0.25, -0.2) is 0 Å². The molecule has 4 heteroatoms. The zero-order valence-corrected chi connectivity index (χ0v) is 7.19. The minimum atomic E-state index is -1.24. The van der Waals surface area contributed by atoms with Crippen LogP contribution >= 0.6 is 15.9 Å². The van der Waals surface area contributed by atoms with Gasteiger partial charge in [-0.05, 0) is 15.9 Å². The van der Waals surface area contributed by atoms with Crippen molar-refractivity contribution >= 4 is 21.7 Å². The Hall–Kier alpha value is 0.0700. The molecule has 54 valence electrons. The summed E-state index contributed by atoms with van der Waals surface area (Å²) in [5.41, 5.74) is 0. The Balaban J connectivity index is 4.09. The van der Waals surface area contributed by atoms with Crippen LogP contribution in [0.15, 0.2) is 0 Å². The fourth-order valence-electron chi connectivity index (χ4n) is 0.371. The van der Waals surface area contributed by atoms with E-state index in [4.69, 9.17) is 9.47 Å². The second-order valence-electron chi connectivity index (χ2n) is 1.50. The summed E-state index contributed by atoms with van der Waals surface area (Å²) in [6, 6.07) is 0. The van der Waals surface area contributed by atoms with Crippen molar-refractivity contribution in [2.45, 2.75) is 11.6 Å². The number of alkyl halides is 1. The molecule has 0 atom stereocenters. The smallest absolute Gasteiger partial charge is 0.287 e. The van der Waals surface area contributed by atoms with Crippen molar-refractivity contribution in [3.05, 3.63) is 0 Å². The van der Waals surface area contributed by atoms with E-state index in [0.29, 0.717) is 0 Å². The number of ether oxygens (including phenoxy) is 2. The first kappa shape index (κ1) is 9.07. The molecule has 0 spiro atoms. The van der Waals surface area contributed by atoms with Crippen LogP contribution in [-0.4, -0.2) is 24.7 Å². The van der Waals surface area contributed by atoms with E-state index in [1.807, 2.05) is 0 Å². The van der Waals surface area contributed by atoms with Gasteiger partial charge in [0.25, 0.3) is 4.70 Å². The summed E-state index contributed by atoms with van der Waals surface area (Å²) in [5, 5.41) is 0. The van der Waals surface area contributed by atoms with Crippen LogP contribution in [0.1, 0.15) is 6.92 Å². The summed E-state index contributed by atoms with van der Waals surface area (Å²) >= 11 is 2.95. The number of rotatable bonds is 3. The number of ketones is 1. The fraction of sp³-hybridized carbons (Fsp3) is 0.800. The van der Waals surface area contributed by atoms with E-state index in [1.165, 1.54) is 21.1 Å². The third kappa shape index (κ3) is 2.04. The molecule has 0 aliphatic rings. The van der Waals surface area contributed by atoms with Crippen molar-refractivity contribution in [3.63, 3.8) is 0 Å². The van der Waals surface area contributed by atoms with E-state index in [1.54, 1.807) is 0 Å². The molecule has 0 radical (unpaired) electrons. The molecule has 0 saturated carbocycles. The topological polar surface area (TPSA) is 35.5 Å². The van der Waals surface area contributed by atoms with Gasteiger partial charge in [0.05, 0.1) is 0 Å². The molecule has 0 aromatic heterocycles. The van der Waals surface area contributed by atoms with Gasteiger partial charge >= 0.3 is 0 Å². The first-order chi connectivity index (χ1) is 4.06. The number of hydrogen-bond donors (Lipinski definition) is 0. The summed E-state index contributed by atoms with van der Waals surface area (Å²) in [6.45, 7) is 1.38. The lowest BCUT2D eigenvalue weighted by Gasteiger charge is -2.19. The molecule has 0 aromatic carbocycles. The number of methoxy groups -OCH3 is 2. The summed E-state index contributed by atoms with van der Waals surface area (Å²) in [6.07, 6.45) is 0. The Kier molecular flexibility index (Phi) is 3.32. The van der Waals surface area contributed by atoms with Crippen LogP contribution in [0, 0.1) is 0 Å². The molecule has 0 rings (SSSR count). The average Bonchev–Trinajstić information content (AvgIpc) is 1.86. The highest BCUT2D eigenvalue weighted by Gasteiger charge is 2.31. The van der Waals surface area contributed by atoms with Crippen LogP contribution < -0.4 is 0 Å². The van der Waals surface area contributed by atoms with Crippen molar-refractivity contribution in [2.75, 3.05) is 14.2 Å². The van der Waals surface area contributed by atoms with E-state index in [9.17, 15) is 4.79 Å². The second-order valence-corrected chi connectivity index (χ2v) is 2.54. The lowest BCUT2D eigenvalue weighted by atomic mass is 10.4. The average molecular weight is 197 g/mol. The van der Waals surface area contributed by atoms with Crippen molar-refractivity contribution < 1.29 is 14.3 Å².